The molecule has 0 fully saturated rings. The lowest BCUT2D eigenvalue weighted by molar-refractivity contribution is 0.460. The van der Waals surface area contributed by atoms with Crippen LogP contribution in [0.25, 0.3) is 0 Å². The average Bonchev–Trinajstić information content (AvgIpc) is 2.17. The molecule has 0 aliphatic heterocycles. The number of rotatable bonds is 4. The highest BCUT2D eigenvalue weighted by Gasteiger charge is 2.12. The van der Waals surface area contributed by atoms with Crippen LogP contribution in [0.5, 0.6) is 0 Å². The Bertz CT molecular complexity index is 327. The molecule has 2 unspecified atom stereocenters. The lowest BCUT2D eigenvalue weighted by Gasteiger charge is -2.17. The van der Waals surface area contributed by atoms with Gasteiger partial charge in [0.1, 0.15) is 0 Å². The summed E-state index contributed by atoms with van der Waals surface area (Å²) < 4.78 is 1.01. The van der Waals surface area contributed by atoms with Crippen LogP contribution in [0.1, 0.15) is 38.3 Å². The van der Waals surface area contributed by atoms with Crippen LogP contribution in [0.3, 0.4) is 0 Å². The maximum Gasteiger partial charge on any atom is 0.0417 e. The minimum atomic E-state index is 0.0894. The lowest BCUT2D eigenvalue weighted by Crippen LogP contribution is -2.14. The zero-order valence-corrected chi connectivity index (χ0v) is 11.5. The molecule has 1 nitrogen and oxygen atoms in total. The van der Waals surface area contributed by atoms with E-state index >= 15 is 0 Å². The van der Waals surface area contributed by atoms with E-state index in [1.807, 2.05) is 18.2 Å². The molecule has 0 amide bonds. The molecular weight excluding hydrogens is 273 g/mol. The molecule has 0 spiro atoms. The van der Waals surface area contributed by atoms with Gasteiger partial charge in [-0.25, -0.2) is 0 Å². The fourth-order valence-corrected chi connectivity index (χ4v) is 2.51. The van der Waals surface area contributed by atoms with E-state index in [1.165, 1.54) is 6.42 Å². The molecule has 1 rings (SSSR count). The second-order valence-electron chi connectivity index (χ2n) is 4.02. The third-order valence-corrected chi connectivity index (χ3v) is 3.64. The van der Waals surface area contributed by atoms with Gasteiger partial charge in [-0.1, -0.05) is 53.9 Å². The second kappa shape index (κ2) is 5.88. The van der Waals surface area contributed by atoms with Crippen molar-refractivity contribution in [3.8, 4) is 0 Å². The number of nitrogens with two attached hydrogens (primary N) is 1. The average molecular weight is 291 g/mol. The first-order chi connectivity index (χ1) is 7.04. The Morgan fingerprint density at radius 1 is 1.47 bits per heavy atom. The van der Waals surface area contributed by atoms with E-state index in [-0.39, 0.29) is 6.04 Å². The fraction of sp³-hybridized carbons (Fsp3) is 0.500. The largest absolute Gasteiger partial charge is 0.324 e. The number of hydrogen-bond donors (Lipinski definition) is 1. The predicted octanol–water partition coefficient (Wildman–Crippen LogP) is 4.54. The van der Waals surface area contributed by atoms with Gasteiger partial charge in [-0.15, -0.1) is 0 Å². The molecule has 0 aliphatic carbocycles. The summed E-state index contributed by atoms with van der Waals surface area (Å²) in [5.74, 6) is 0.655. The molecule has 1 aromatic rings. The summed E-state index contributed by atoms with van der Waals surface area (Å²) in [5, 5.41) is 0.737. The number of hydrogen-bond acceptors (Lipinski definition) is 1. The Labute approximate surface area is 105 Å². The van der Waals surface area contributed by atoms with E-state index in [0.29, 0.717) is 5.92 Å². The molecule has 0 bridgehead atoms. The first-order valence-electron chi connectivity index (χ1n) is 5.25. The Morgan fingerprint density at radius 2 is 2.13 bits per heavy atom. The zero-order valence-electron chi connectivity index (χ0n) is 9.13. The Balaban J connectivity index is 2.77. The van der Waals surface area contributed by atoms with Crippen molar-refractivity contribution in [3.05, 3.63) is 33.3 Å². The molecule has 0 heterocycles. The molecule has 0 aromatic heterocycles. The molecule has 1 aromatic carbocycles. The van der Waals surface area contributed by atoms with Crippen LogP contribution in [0, 0.1) is 5.92 Å². The molecule has 3 heteroatoms. The Kier molecular flexibility index (Phi) is 5.10. The van der Waals surface area contributed by atoms with Crippen LogP contribution in [-0.4, -0.2) is 0 Å². The molecule has 2 atom stereocenters. The van der Waals surface area contributed by atoms with E-state index in [1.54, 1.807) is 0 Å². The van der Waals surface area contributed by atoms with Gasteiger partial charge in [0.05, 0.1) is 0 Å². The third kappa shape index (κ3) is 3.78. The van der Waals surface area contributed by atoms with Crippen molar-refractivity contribution in [2.45, 2.75) is 32.7 Å². The molecule has 2 N–H and O–H groups in total. The summed E-state index contributed by atoms with van der Waals surface area (Å²) in [6.07, 6.45) is 2.18. The van der Waals surface area contributed by atoms with Crippen LogP contribution in [0.4, 0.5) is 0 Å². The number of halogens is 2. The third-order valence-electron chi connectivity index (χ3n) is 2.72. The SMILES string of the molecule is CCC(C)CC(N)c1ccc(Cl)cc1Br. The maximum atomic E-state index is 6.15. The van der Waals surface area contributed by atoms with Crippen molar-refractivity contribution >= 4 is 27.5 Å². The molecule has 84 valence electrons. The highest BCUT2D eigenvalue weighted by atomic mass is 79.9. The van der Waals surface area contributed by atoms with Gasteiger partial charge >= 0.3 is 0 Å². The smallest absolute Gasteiger partial charge is 0.0417 e. The molecule has 0 saturated carbocycles. The van der Waals surface area contributed by atoms with Crippen LogP contribution in [0.15, 0.2) is 22.7 Å². The fourth-order valence-electron chi connectivity index (χ4n) is 1.53. The van der Waals surface area contributed by atoms with Crippen LogP contribution >= 0.6 is 27.5 Å². The molecule has 0 saturated heterocycles. The van der Waals surface area contributed by atoms with E-state index in [0.717, 1.165) is 21.5 Å². The van der Waals surface area contributed by atoms with Gasteiger partial charge in [0.2, 0.25) is 0 Å². The molecule has 0 aliphatic rings. The van der Waals surface area contributed by atoms with Gasteiger partial charge in [-0.3, -0.25) is 0 Å². The van der Waals surface area contributed by atoms with Crippen molar-refractivity contribution in [1.29, 1.82) is 0 Å². The quantitative estimate of drug-likeness (QED) is 0.865. The Morgan fingerprint density at radius 3 is 2.67 bits per heavy atom. The minimum Gasteiger partial charge on any atom is -0.324 e. The van der Waals surface area contributed by atoms with Gasteiger partial charge in [0, 0.05) is 15.5 Å². The topological polar surface area (TPSA) is 26.0 Å². The van der Waals surface area contributed by atoms with Gasteiger partial charge in [-0.05, 0) is 30.0 Å². The standard InChI is InChI=1S/C12H17BrClN/c1-3-8(2)6-12(15)10-5-4-9(14)7-11(10)13/h4-5,7-8,12H,3,6,15H2,1-2H3. The monoisotopic (exact) mass is 289 g/mol. The van der Waals surface area contributed by atoms with Crippen molar-refractivity contribution in [2.24, 2.45) is 11.7 Å². The summed E-state index contributed by atoms with van der Waals surface area (Å²) in [4.78, 5) is 0. The summed E-state index contributed by atoms with van der Waals surface area (Å²) in [7, 11) is 0. The Hall–Kier alpha value is -0.0500. The second-order valence-corrected chi connectivity index (χ2v) is 5.31. The van der Waals surface area contributed by atoms with Gasteiger partial charge in [-0.2, -0.15) is 0 Å². The first kappa shape index (κ1) is 13.0. The zero-order chi connectivity index (χ0) is 11.4. The normalized spacial score (nSPS) is 15.0. The van der Waals surface area contributed by atoms with Crippen molar-refractivity contribution in [2.75, 3.05) is 0 Å². The van der Waals surface area contributed by atoms with Gasteiger partial charge in [0.25, 0.3) is 0 Å². The van der Waals surface area contributed by atoms with E-state index in [4.69, 9.17) is 17.3 Å². The van der Waals surface area contributed by atoms with Crippen LogP contribution in [-0.2, 0) is 0 Å². The van der Waals surface area contributed by atoms with Crippen molar-refractivity contribution in [3.63, 3.8) is 0 Å². The molecular formula is C12H17BrClN. The first-order valence-corrected chi connectivity index (χ1v) is 6.42. The van der Waals surface area contributed by atoms with E-state index < -0.39 is 0 Å². The number of benzene rings is 1. The van der Waals surface area contributed by atoms with Crippen LogP contribution in [0.2, 0.25) is 5.02 Å². The van der Waals surface area contributed by atoms with Crippen molar-refractivity contribution < 1.29 is 0 Å². The predicted molar refractivity (Wildman–Crippen MR) is 70.2 cm³/mol. The highest BCUT2D eigenvalue weighted by molar-refractivity contribution is 9.10. The van der Waals surface area contributed by atoms with Crippen LogP contribution < -0.4 is 5.73 Å². The summed E-state index contributed by atoms with van der Waals surface area (Å²) in [5.41, 5.74) is 7.29. The van der Waals surface area contributed by atoms with E-state index in [9.17, 15) is 0 Å². The van der Waals surface area contributed by atoms with E-state index in [2.05, 4.69) is 29.8 Å². The maximum absolute atomic E-state index is 6.15. The van der Waals surface area contributed by atoms with Gasteiger partial charge < -0.3 is 5.73 Å². The lowest BCUT2D eigenvalue weighted by atomic mass is 9.95. The van der Waals surface area contributed by atoms with Crippen molar-refractivity contribution in [1.82, 2.24) is 0 Å². The molecule has 0 radical (unpaired) electrons. The minimum absolute atomic E-state index is 0.0894. The summed E-state index contributed by atoms with van der Waals surface area (Å²) in [6.45, 7) is 4.41. The summed E-state index contributed by atoms with van der Waals surface area (Å²) >= 11 is 9.38. The molecule has 15 heavy (non-hydrogen) atoms. The summed E-state index contributed by atoms with van der Waals surface area (Å²) in [6, 6.07) is 5.87. The van der Waals surface area contributed by atoms with Gasteiger partial charge in [0.15, 0.2) is 0 Å². The highest BCUT2D eigenvalue weighted by Crippen LogP contribution is 2.29.